The van der Waals surface area contributed by atoms with Gasteiger partial charge in [0.25, 0.3) is 0 Å². The Labute approximate surface area is 245 Å². The van der Waals surface area contributed by atoms with Gasteiger partial charge in [-0.1, -0.05) is 42.5 Å². The van der Waals surface area contributed by atoms with Crippen LogP contribution < -0.4 is 0 Å². The molecule has 0 amide bonds. The van der Waals surface area contributed by atoms with E-state index in [-0.39, 0.29) is 0 Å². The van der Waals surface area contributed by atoms with E-state index in [4.69, 9.17) is 0 Å². The molecule has 4 aromatic carbocycles. The lowest BCUT2D eigenvalue weighted by atomic mass is 9.48. The summed E-state index contributed by atoms with van der Waals surface area (Å²) in [4.78, 5) is 4.42. The number of fused-ring (bicyclic) bond motifs is 6. The third-order valence-corrected chi connectivity index (χ3v) is 11.1. The third kappa shape index (κ3) is 3.14. The fourth-order valence-electron chi connectivity index (χ4n) is 9.91. The predicted octanol–water partition coefficient (Wildman–Crippen LogP) is 9.74. The number of aromatic nitrogens is 3. The van der Waals surface area contributed by atoms with E-state index >= 15 is 0 Å². The van der Waals surface area contributed by atoms with Crippen molar-refractivity contribution in [1.29, 1.82) is 0 Å². The number of para-hydroxylation sites is 2. The van der Waals surface area contributed by atoms with Crippen LogP contribution in [0.25, 0.3) is 55.0 Å². The fraction of sp³-hybridized carbons (Fsp3) is 0.256. The Balaban J connectivity index is 1.19. The van der Waals surface area contributed by atoms with E-state index in [0.29, 0.717) is 5.41 Å². The van der Waals surface area contributed by atoms with Crippen LogP contribution in [0.4, 0.5) is 0 Å². The van der Waals surface area contributed by atoms with Crippen LogP contribution >= 0.6 is 0 Å². The van der Waals surface area contributed by atoms with Gasteiger partial charge in [-0.05, 0) is 122 Å². The molecular weight excluding hydrogens is 510 g/mol. The maximum Gasteiger partial charge on any atom is 0.0645 e. The van der Waals surface area contributed by atoms with Gasteiger partial charge >= 0.3 is 0 Å². The molecule has 0 aliphatic heterocycles. The van der Waals surface area contributed by atoms with Crippen LogP contribution in [0.5, 0.6) is 0 Å². The molecule has 3 heteroatoms. The van der Waals surface area contributed by atoms with Crippen molar-refractivity contribution < 1.29 is 0 Å². The highest BCUT2D eigenvalue weighted by atomic mass is 15.0. The van der Waals surface area contributed by atoms with Gasteiger partial charge in [0.2, 0.25) is 0 Å². The second kappa shape index (κ2) is 8.35. The minimum atomic E-state index is 0.402. The molecule has 42 heavy (non-hydrogen) atoms. The van der Waals surface area contributed by atoms with Gasteiger partial charge in [-0.2, -0.15) is 0 Å². The van der Waals surface area contributed by atoms with Crippen LogP contribution in [-0.2, 0) is 5.41 Å². The Hall–Kier alpha value is -4.37. The monoisotopic (exact) mass is 543 g/mol. The summed E-state index contributed by atoms with van der Waals surface area (Å²) in [6, 6.07) is 36.4. The highest BCUT2D eigenvalue weighted by molar-refractivity contribution is 6.12. The smallest absolute Gasteiger partial charge is 0.0645 e. The first kappa shape index (κ1) is 23.2. The predicted molar refractivity (Wildman–Crippen MR) is 173 cm³/mol. The Bertz CT molecular complexity index is 2150. The quantitative estimate of drug-likeness (QED) is 0.217. The van der Waals surface area contributed by atoms with Crippen LogP contribution in [0.3, 0.4) is 0 Å². The summed E-state index contributed by atoms with van der Waals surface area (Å²) in [7, 11) is 0. The lowest BCUT2D eigenvalue weighted by Crippen LogP contribution is -2.48. The lowest BCUT2D eigenvalue weighted by molar-refractivity contribution is -0.00512. The number of rotatable bonds is 3. The van der Waals surface area contributed by atoms with Gasteiger partial charge in [-0.15, -0.1) is 0 Å². The van der Waals surface area contributed by atoms with E-state index in [9.17, 15) is 0 Å². The van der Waals surface area contributed by atoms with Gasteiger partial charge in [0, 0.05) is 33.4 Å². The molecule has 3 heterocycles. The molecule has 4 fully saturated rings. The molecule has 204 valence electrons. The topological polar surface area (TPSA) is 22.8 Å². The molecule has 0 N–H and O–H groups in total. The van der Waals surface area contributed by atoms with Crippen molar-refractivity contribution in [2.75, 3.05) is 0 Å². The first-order chi connectivity index (χ1) is 20.7. The SMILES string of the molecule is c1cncc(-n2c3ccccc3c3cc(-n4c5ccccc5c5cc(C67CC8CC(CC(C8)C6)C7)ccc54)ccc32)c1. The molecule has 0 saturated heterocycles. The number of pyridine rings is 1. The van der Waals surface area contributed by atoms with E-state index in [1.54, 1.807) is 5.56 Å². The normalized spacial score (nSPS) is 24.9. The summed E-state index contributed by atoms with van der Waals surface area (Å²) in [6.45, 7) is 0. The average Bonchev–Trinajstić information content (AvgIpc) is 3.53. The molecular formula is C39H33N3. The minimum absolute atomic E-state index is 0.402. The molecule has 4 bridgehead atoms. The summed E-state index contributed by atoms with van der Waals surface area (Å²) in [5, 5.41) is 5.29. The van der Waals surface area contributed by atoms with Gasteiger partial charge < -0.3 is 9.13 Å². The van der Waals surface area contributed by atoms with Crippen LogP contribution in [0.15, 0.2) is 109 Å². The van der Waals surface area contributed by atoms with Gasteiger partial charge in [-0.3, -0.25) is 4.98 Å². The minimum Gasteiger partial charge on any atom is -0.309 e. The highest BCUT2D eigenvalue weighted by Crippen LogP contribution is 2.61. The van der Waals surface area contributed by atoms with Crippen molar-refractivity contribution in [3.63, 3.8) is 0 Å². The lowest BCUT2D eigenvalue weighted by Gasteiger charge is -2.57. The zero-order chi connectivity index (χ0) is 27.4. The molecule has 0 radical (unpaired) electrons. The molecule has 4 aliphatic carbocycles. The third-order valence-electron chi connectivity index (χ3n) is 11.1. The fourth-order valence-corrected chi connectivity index (χ4v) is 9.91. The van der Waals surface area contributed by atoms with Gasteiger partial charge in [0.05, 0.1) is 34.0 Å². The molecule has 11 rings (SSSR count). The number of benzene rings is 4. The Kier molecular flexibility index (Phi) is 4.62. The van der Waals surface area contributed by atoms with E-state index in [1.165, 1.54) is 87.8 Å². The first-order valence-electron chi connectivity index (χ1n) is 15.7. The molecule has 4 aliphatic rings. The summed E-state index contributed by atoms with van der Waals surface area (Å²) >= 11 is 0. The van der Waals surface area contributed by atoms with Gasteiger partial charge in [-0.25, -0.2) is 0 Å². The number of hydrogen-bond acceptors (Lipinski definition) is 1. The molecule has 4 saturated carbocycles. The molecule has 0 unspecified atom stereocenters. The second-order valence-electron chi connectivity index (χ2n) is 13.5. The number of hydrogen-bond donors (Lipinski definition) is 0. The average molecular weight is 544 g/mol. The Morgan fingerprint density at radius 2 is 1.10 bits per heavy atom. The highest BCUT2D eigenvalue weighted by Gasteiger charge is 2.51. The van der Waals surface area contributed by atoms with Gasteiger partial charge in [0.15, 0.2) is 0 Å². The summed E-state index contributed by atoms with van der Waals surface area (Å²) < 4.78 is 4.83. The molecule has 3 aromatic heterocycles. The standard InChI is InChI=1S/C39H33N3/c1-3-9-35-31(7-1)33-19-28(39-21-25-16-26(22-39)18-27(17-25)23-39)11-13-37(33)41(35)29-12-14-38-34(20-29)32-8-2-4-10-36(32)42(38)30-6-5-15-40-24-30/h1-15,19-20,24-27H,16-18,21-23H2. The van der Waals surface area contributed by atoms with Crippen molar-refractivity contribution in [2.24, 2.45) is 17.8 Å². The molecule has 0 atom stereocenters. The van der Waals surface area contributed by atoms with Crippen molar-refractivity contribution >= 4 is 43.6 Å². The zero-order valence-corrected chi connectivity index (χ0v) is 23.7. The summed E-state index contributed by atoms with van der Waals surface area (Å²) in [5.74, 6) is 2.86. The van der Waals surface area contributed by atoms with E-state index in [0.717, 1.165) is 23.4 Å². The zero-order valence-electron chi connectivity index (χ0n) is 23.7. The molecule has 7 aromatic rings. The van der Waals surface area contributed by atoms with Gasteiger partial charge in [0.1, 0.15) is 0 Å². The van der Waals surface area contributed by atoms with Crippen LogP contribution in [0.2, 0.25) is 0 Å². The number of nitrogens with zero attached hydrogens (tertiary/aromatic N) is 3. The van der Waals surface area contributed by atoms with Crippen molar-refractivity contribution in [2.45, 2.75) is 43.9 Å². The summed E-state index contributed by atoms with van der Waals surface area (Å²) in [5.41, 5.74) is 9.31. The van der Waals surface area contributed by atoms with E-state index < -0.39 is 0 Å². The molecule has 3 nitrogen and oxygen atoms in total. The largest absolute Gasteiger partial charge is 0.309 e. The van der Waals surface area contributed by atoms with Crippen molar-refractivity contribution in [1.82, 2.24) is 14.1 Å². The maximum absolute atomic E-state index is 4.42. The first-order valence-corrected chi connectivity index (χ1v) is 15.7. The second-order valence-corrected chi connectivity index (χ2v) is 13.5. The Morgan fingerprint density at radius 1 is 0.524 bits per heavy atom. The van der Waals surface area contributed by atoms with Crippen molar-refractivity contribution in [3.8, 4) is 11.4 Å². The maximum atomic E-state index is 4.42. The van der Waals surface area contributed by atoms with E-state index in [1.807, 2.05) is 18.5 Å². The van der Waals surface area contributed by atoms with Crippen LogP contribution in [0, 0.1) is 17.8 Å². The molecule has 0 spiro atoms. The summed E-state index contributed by atoms with van der Waals surface area (Å²) in [6.07, 6.45) is 12.5. The van der Waals surface area contributed by atoms with E-state index in [2.05, 4.69) is 105 Å². The Morgan fingerprint density at radius 3 is 1.74 bits per heavy atom. The van der Waals surface area contributed by atoms with Crippen molar-refractivity contribution in [3.05, 3.63) is 115 Å². The van der Waals surface area contributed by atoms with Crippen LogP contribution in [0.1, 0.15) is 44.1 Å². The van der Waals surface area contributed by atoms with Crippen LogP contribution in [-0.4, -0.2) is 14.1 Å².